The molecule has 1 aliphatic carbocycles. The number of aliphatic hydroxyl groups excluding tert-OH is 1. The Morgan fingerprint density at radius 3 is 2.12 bits per heavy atom. The molecule has 0 bridgehead atoms. The van der Waals surface area contributed by atoms with Gasteiger partial charge in [-0.15, -0.1) is 0 Å². The van der Waals surface area contributed by atoms with Crippen molar-refractivity contribution in [3.8, 4) is 0 Å². The van der Waals surface area contributed by atoms with Gasteiger partial charge in [0.15, 0.2) is 0 Å². The van der Waals surface area contributed by atoms with Crippen LogP contribution in [0.3, 0.4) is 0 Å². The lowest BCUT2D eigenvalue weighted by Gasteiger charge is -2.15. The average molecular weight is 226 g/mol. The Morgan fingerprint density at radius 1 is 1.38 bits per heavy atom. The van der Waals surface area contributed by atoms with E-state index in [1.54, 1.807) is 0 Å². The van der Waals surface area contributed by atoms with E-state index in [0.717, 1.165) is 0 Å². The van der Waals surface area contributed by atoms with Gasteiger partial charge in [0.05, 0.1) is 6.61 Å². The van der Waals surface area contributed by atoms with Crippen molar-refractivity contribution in [2.75, 3.05) is 6.61 Å². The summed E-state index contributed by atoms with van der Waals surface area (Å²) in [4.78, 5) is 0. The van der Waals surface area contributed by atoms with Crippen LogP contribution in [0, 0.1) is 0 Å². The Morgan fingerprint density at radius 2 is 1.88 bits per heavy atom. The lowest BCUT2D eigenvalue weighted by atomic mass is 10.1. The minimum Gasteiger partial charge on any atom is -0.395 e. The van der Waals surface area contributed by atoms with E-state index in [1.807, 2.05) is 0 Å². The monoisotopic (exact) mass is 226 g/mol. The molecule has 8 heavy (non-hydrogen) atoms. The van der Waals surface area contributed by atoms with Gasteiger partial charge >= 0.3 is 0 Å². The van der Waals surface area contributed by atoms with E-state index >= 15 is 0 Å². The predicted octanol–water partition coefficient (Wildman–Crippen LogP) is 1.73. The second-order valence-electron chi connectivity index (χ2n) is 2.52. The summed E-state index contributed by atoms with van der Waals surface area (Å²) in [6.45, 7) is 0.369. The Balaban J connectivity index is 2.40. The maximum absolute atomic E-state index is 8.82. The molecule has 0 aromatic heterocycles. The van der Waals surface area contributed by atoms with Crippen molar-refractivity contribution in [2.45, 2.75) is 29.1 Å². The van der Waals surface area contributed by atoms with Crippen LogP contribution in [-0.4, -0.2) is 15.1 Å². The van der Waals surface area contributed by atoms with Crippen LogP contribution >= 0.6 is 22.6 Å². The van der Waals surface area contributed by atoms with Crippen LogP contribution in [0.5, 0.6) is 0 Å². The van der Waals surface area contributed by atoms with Gasteiger partial charge in [0.1, 0.15) is 0 Å². The zero-order chi connectivity index (χ0) is 6.04. The zero-order valence-electron chi connectivity index (χ0n) is 4.86. The molecule has 0 heterocycles. The Kier molecular flexibility index (Phi) is 2.14. The van der Waals surface area contributed by atoms with Gasteiger partial charge in [-0.25, -0.2) is 0 Å². The van der Waals surface area contributed by atoms with Gasteiger partial charge in [-0.3, -0.25) is 0 Å². The van der Waals surface area contributed by atoms with Crippen molar-refractivity contribution >= 4 is 22.6 Å². The molecular formula is C6H11IO. The Labute approximate surface area is 63.6 Å². The summed E-state index contributed by atoms with van der Waals surface area (Å²) in [7, 11) is 0. The molecule has 1 nitrogen and oxygen atoms in total. The SMILES string of the molecule is OCC1(I)CCCC1. The highest BCUT2D eigenvalue weighted by Gasteiger charge is 2.29. The summed E-state index contributed by atoms with van der Waals surface area (Å²) < 4.78 is 0.262. The van der Waals surface area contributed by atoms with Crippen LogP contribution < -0.4 is 0 Å². The van der Waals surface area contributed by atoms with Gasteiger partial charge in [0, 0.05) is 3.42 Å². The highest BCUT2D eigenvalue weighted by Crippen LogP contribution is 2.37. The van der Waals surface area contributed by atoms with Crippen LogP contribution in [0.25, 0.3) is 0 Å². The standard InChI is InChI=1S/C6H11IO/c7-6(5-8)3-1-2-4-6/h8H,1-5H2. The molecule has 2 heteroatoms. The fourth-order valence-electron chi connectivity index (χ4n) is 1.17. The van der Waals surface area contributed by atoms with Gasteiger partial charge in [-0.2, -0.15) is 0 Å². The molecule has 1 saturated carbocycles. The zero-order valence-corrected chi connectivity index (χ0v) is 7.02. The van der Waals surface area contributed by atoms with Crippen molar-refractivity contribution in [2.24, 2.45) is 0 Å². The first-order chi connectivity index (χ1) is 3.77. The van der Waals surface area contributed by atoms with E-state index in [4.69, 9.17) is 5.11 Å². The summed E-state index contributed by atoms with van der Waals surface area (Å²) in [6.07, 6.45) is 5.04. The lowest BCUT2D eigenvalue weighted by Crippen LogP contribution is -2.19. The molecule has 0 unspecified atom stereocenters. The molecule has 0 aliphatic heterocycles. The number of aliphatic hydroxyl groups is 1. The molecule has 0 radical (unpaired) electrons. The summed E-state index contributed by atoms with van der Waals surface area (Å²) in [5, 5.41) is 8.82. The van der Waals surface area contributed by atoms with Gasteiger partial charge in [0.2, 0.25) is 0 Å². The smallest absolute Gasteiger partial charge is 0.0577 e. The van der Waals surface area contributed by atoms with E-state index in [1.165, 1.54) is 25.7 Å². The summed E-state index contributed by atoms with van der Waals surface area (Å²) in [6, 6.07) is 0. The van der Waals surface area contributed by atoms with E-state index in [2.05, 4.69) is 22.6 Å². The van der Waals surface area contributed by atoms with E-state index in [-0.39, 0.29) is 3.42 Å². The number of rotatable bonds is 1. The second kappa shape index (κ2) is 2.52. The molecule has 0 amide bonds. The fraction of sp³-hybridized carbons (Fsp3) is 1.00. The maximum atomic E-state index is 8.82. The first-order valence-electron chi connectivity index (χ1n) is 3.07. The van der Waals surface area contributed by atoms with Gasteiger partial charge < -0.3 is 5.11 Å². The highest BCUT2D eigenvalue weighted by molar-refractivity contribution is 14.1. The van der Waals surface area contributed by atoms with Crippen LogP contribution in [0.2, 0.25) is 0 Å². The molecule has 1 aliphatic rings. The van der Waals surface area contributed by atoms with Crippen molar-refractivity contribution in [1.29, 1.82) is 0 Å². The highest BCUT2D eigenvalue weighted by atomic mass is 127. The topological polar surface area (TPSA) is 20.2 Å². The average Bonchev–Trinajstić information content (AvgIpc) is 2.17. The number of hydrogen-bond acceptors (Lipinski definition) is 1. The molecule has 0 aromatic rings. The Bertz CT molecular complexity index is 76.6. The molecule has 1 fully saturated rings. The molecular weight excluding hydrogens is 215 g/mol. The molecule has 1 rings (SSSR count). The molecule has 0 atom stereocenters. The third kappa shape index (κ3) is 1.35. The molecule has 48 valence electrons. The van der Waals surface area contributed by atoms with E-state index in [0.29, 0.717) is 6.61 Å². The quantitative estimate of drug-likeness (QED) is 0.533. The number of alkyl halides is 1. The maximum Gasteiger partial charge on any atom is 0.0577 e. The minimum atomic E-state index is 0.262. The molecule has 1 N–H and O–H groups in total. The van der Waals surface area contributed by atoms with Crippen LogP contribution in [0.1, 0.15) is 25.7 Å². The first kappa shape index (κ1) is 6.81. The largest absolute Gasteiger partial charge is 0.395 e. The summed E-state index contributed by atoms with van der Waals surface area (Å²) in [5.41, 5.74) is 0. The van der Waals surface area contributed by atoms with Crippen LogP contribution in [0.15, 0.2) is 0 Å². The first-order valence-corrected chi connectivity index (χ1v) is 4.14. The van der Waals surface area contributed by atoms with E-state index in [9.17, 15) is 0 Å². The number of hydrogen-bond donors (Lipinski definition) is 1. The predicted molar refractivity (Wildman–Crippen MR) is 42.3 cm³/mol. The third-order valence-electron chi connectivity index (χ3n) is 1.78. The lowest BCUT2D eigenvalue weighted by molar-refractivity contribution is 0.258. The molecule has 0 spiro atoms. The summed E-state index contributed by atoms with van der Waals surface area (Å²) >= 11 is 2.38. The van der Waals surface area contributed by atoms with Crippen molar-refractivity contribution in [3.05, 3.63) is 0 Å². The normalized spacial score (nSPS) is 26.2. The van der Waals surface area contributed by atoms with Gasteiger partial charge in [-0.1, -0.05) is 35.4 Å². The van der Waals surface area contributed by atoms with Crippen molar-refractivity contribution < 1.29 is 5.11 Å². The van der Waals surface area contributed by atoms with Crippen molar-refractivity contribution in [3.63, 3.8) is 0 Å². The second-order valence-corrected chi connectivity index (χ2v) is 4.80. The molecule has 0 aromatic carbocycles. The van der Waals surface area contributed by atoms with Crippen LogP contribution in [-0.2, 0) is 0 Å². The molecule has 0 saturated heterocycles. The summed E-state index contributed by atoms with van der Waals surface area (Å²) in [5.74, 6) is 0. The van der Waals surface area contributed by atoms with Gasteiger partial charge in [-0.05, 0) is 12.8 Å². The van der Waals surface area contributed by atoms with E-state index < -0.39 is 0 Å². The van der Waals surface area contributed by atoms with Gasteiger partial charge in [0.25, 0.3) is 0 Å². The fourth-order valence-corrected chi connectivity index (χ4v) is 1.93. The van der Waals surface area contributed by atoms with Crippen LogP contribution in [0.4, 0.5) is 0 Å². The third-order valence-corrected chi connectivity index (χ3v) is 3.20. The van der Waals surface area contributed by atoms with Crippen molar-refractivity contribution in [1.82, 2.24) is 0 Å². The Hall–Kier alpha value is 0.690. The minimum absolute atomic E-state index is 0.262. The number of halogens is 1.